The van der Waals surface area contributed by atoms with Crippen molar-refractivity contribution in [2.45, 2.75) is 13.8 Å². The van der Waals surface area contributed by atoms with Crippen LogP contribution in [0.5, 0.6) is 5.75 Å². The average Bonchev–Trinajstić information content (AvgIpc) is 2.58. The van der Waals surface area contributed by atoms with Crippen LogP contribution in [-0.2, 0) is 4.79 Å². The van der Waals surface area contributed by atoms with Gasteiger partial charge in [0.2, 0.25) is 0 Å². The fraction of sp³-hybridized carbons (Fsp3) is 0.250. The summed E-state index contributed by atoms with van der Waals surface area (Å²) in [4.78, 5) is 14.0. The van der Waals surface area contributed by atoms with Gasteiger partial charge in [-0.3, -0.25) is 4.79 Å². The third-order valence-corrected chi connectivity index (χ3v) is 3.52. The van der Waals surface area contributed by atoms with Crippen LogP contribution in [0.2, 0.25) is 0 Å². The summed E-state index contributed by atoms with van der Waals surface area (Å²) >= 11 is 0. The minimum atomic E-state index is -0.0293. The van der Waals surface area contributed by atoms with Crippen LogP contribution in [-0.4, -0.2) is 30.5 Å². The smallest absolute Gasteiger partial charge is 0.260 e. The highest BCUT2D eigenvalue weighted by molar-refractivity contribution is 5.78. The third-order valence-electron chi connectivity index (χ3n) is 3.52. The van der Waals surface area contributed by atoms with E-state index in [1.54, 1.807) is 4.90 Å². The molecule has 0 fully saturated rings. The van der Waals surface area contributed by atoms with Crippen LogP contribution < -0.4 is 4.74 Å². The van der Waals surface area contributed by atoms with E-state index in [1.807, 2.05) is 68.4 Å². The number of carbonyl (C=O) groups excluding carboxylic acids is 1. The molecule has 120 valence electrons. The SMILES string of the molecule is C=C(C)CN(CC)C(=O)COc1ccccc1-c1ccccc1. The summed E-state index contributed by atoms with van der Waals surface area (Å²) in [6, 6.07) is 17.8. The molecule has 23 heavy (non-hydrogen) atoms. The zero-order valence-corrected chi connectivity index (χ0v) is 13.8. The Hall–Kier alpha value is -2.55. The van der Waals surface area contributed by atoms with Gasteiger partial charge in [-0.15, -0.1) is 0 Å². The lowest BCUT2D eigenvalue weighted by atomic mass is 10.1. The third kappa shape index (κ3) is 4.71. The molecule has 0 aromatic heterocycles. The summed E-state index contributed by atoms with van der Waals surface area (Å²) < 4.78 is 5.80. The van der Waals surface area contributed by atoms with E-state index in [0.29, 0.717) is 13.1 Å². The molecule has 0 atom stereocenters. The number of para-hydroxylation sites is 1. The molecular formula is C20H23NO2. The lowest BCUT2D eigenvalue weighted by Gasteiger charge is -2.21. The number of rotatable bonds is 7. The molecule has 0 aliphatic carbocycles. The first-order valence-electron chi connectivity index (χ1n) is 7.81. The molecule has 0 radical (unpaired) electrons. The number of likely N-dealkylation sites (N-methyl/N-ethyl adjacent to an activating group) is 1. The predicted octanol–water partition coefficient (Wildman–Crippen LogP) is 4.16. The number of carbonyl (C=O) groups is 1. The number of hydrogen-bond donors (Lipinski definition) is 0. The van der Waals surface area contributed by atoms with Crippen molar-refractivity contribution in [3.63, 3.8) is 0 Å². The molecule has 0 N–H and O–H groups in total. The second-order valence-corrected chi connectivity index (χ2v) is 5.52. The Morgan fingerprint density at radius 1 is 1.09 bits per heavy atom. The van der Waals surface area contributed by atoms with Gasteiger partial charge in [0.05, 0.1) is 0 Å². The maximum atomic E-state index is 12.3. The van der Waals surface area contributed by atoms with Crippen molar-refractivity contribution in [3.8, 4) is 16.9 Å². The summed E-state index contributed by atoms with van der Waals surface area (Å²) in [5, 5.41) is 0. The summed E-state index contributed by atoms with van der Waals surface area (Å²) in [6.07, 6.45) is 0. The van der Waals surface area contributed by atoms with Gasteiger partial charge in [0, 0.05) is 18.7 Å². The first-order chi connectivity index (χ1) is 11.1. The average molecular weight is 309 g/mol. The van der Waals surface area contributed by atoms with Crippen molar-refractivity contribution >= 4 is 5.91 Å². The summed E-state index contributed by atoms with van der Waals surface area (Å²) in [7, 11) is 0. The largest absolute Gasteiger partial charge is 0.483 e. The van der Waals surface area contributed by atoms with Crippen LogP contribution in [0.4, 0.5) is 0 Å². The minimum Gasteiger partial charge on any atom is -0.483 e. The molecule has 2 rings (SSSR count). The van der Waals surface area contributed by atoms with Crippen molar-refractivity contribution in [2.75, 3.05) is 19.7 Å². The summed E-state index contributed by atoms with van der Waals surface area (Å²) in [5.41, 5.74) is 3.03. The van der Waals surface area contributed by atoms with E-state index in [1.165, 1.54) is 0 Å². The lowest BCUT2D eigenvalue weighted by Crippen LogP contribution is -2.35. The molecule has 3 heteroatoms. The predicted molar refractivity (Wildman–Crippen MR) is 94.4 cm³/mol. The lowest BCUT2D eigenvalue weighted by molar-refractivity contribution is -0.132. The molecule has 0 aliphatic rings. The van der Waals surface area contributed by atoms with E-state index in [-0.39, 0.29) is 12.5 Å². The van der Waals surface area contributed by atoms with Crippen molar-refractivity contribution in [1.29, 1.82) is 0 Å². The number of nitrogens with zero attached hydrogens (tertiary/aromatic N) is 1. The van der Waals surface area contributed by atoms with Gasteiger partial charge in [0.15, 0.2) is 6.61 Å². The minimum absolute atomic E-state index is 0.0293. The van der Waals surface area contributed by atoms with Gasteiger partial charge in [-0.05, 0) is 25.5 Å². The first-order valence-corrected chi connectivity index (χ1v) is 7.81. The van der Waals surface area contributed by atoms with Crippen LogP contribution in [0.1, 0.15) is 13.8 Å². The van der Waals surface area contributed by atoms with Gasteiger partial charge >= 0.3 is 0 Å². The second kappa shape index (κ2) is 8.18. The molecule has 0 aliphatic heterocycles. The van der Waals surface area contributed by atoms with E-state index in [9.17, 15) is 4.79 Å². The molecule has 1 amide bonds. The maximum absolute atomic E-state index is 12.3. The Morgan fingerprint density at radius 3 is 2.39 bits per heavy atom. The second-order valence-electron chi connectivity index (χ2n) is 5.52. The normalized spacial score (nSPS) is 10.2. The first kappa shape index (κ1) is 16.8. The van der Waals surface area contributed by atoms with Crippen molar-refractivity contribution in [1.82, 2.24) is 4.90 Å². The highest BCUT2D eigenvalue weighted by Crippen LogP contribution is 2.29. The van der Waals surface area contributed by atoms with Gasteiger partial charge in [-0.1, -0.05) is 60.7 Å². The van der Waals surface area contributed by atoms with Gasteiger partial charge in [0.25, 0.3) is 5.91 Å². The quantitative estimate of drug-likeness (QED) is 0.719. The maximum Gasteiger partial charge on any atom is 0.260 e. The van der Waals surface area contributed by atoms with Crippen molar-refractivity contribution in [2.24, 2.45) is 0 Å². The van der Waals surface area contributed by atoms with E-state index in [4.69, 9.17) is 4.74 Å². The van der Waals surface area contributed by atoms with E-state index >= 15 is 0 Å². The zero-order chi connectivity index (χ0) is 16.7. The number of benzene rings is 2. The topological polar surface area (TPSA) is 29.5 Å². The number of hydrogen-bond acceptors (Lipinski definition) is 2. The number of ether oxygens (including phenoxy) is 1. The van der Waals surface area contributed by atoms with Gasteiger partial charge in [-0.25, -0.2) is 0 Å². The molecule has 0 heterocycles. The molecule has 2 aromatic carbocycles. The van der Waals surface area contributed by atoms with Gasteiger partial charge < -0.3 is 9.64 Å². The monoisotopic (exact) mass is 309 g/mol. The molecule has 0 bridgehead atoms. The molecule has 0 saturated carbocycles. The Balaban J connectivity index is 2.09. The van der Waals surface area contributed by atoms with Gasteiger partial charge in [-0.2, -0.15) is 0 Å². The number of amides is 1. The van der Waals surface area contributed by atoms with Gasteiger partial charge in [0.1, 0.15) is 5.75 Å². The molecule has 2 aromatic rings. The van der Waals surface area contributed by atoms with Crippen LogP contribution >= 0.6 is 0 Å². The molecule has 3 nitrogen and oxygen atoms in total. The van der Waals surface area contributed by atoms with Crippen LogP contribution in [0, 0.1) is 0 Å². The fourth-order valence-electron chi connectivity index (χ4n) is 2.38. The molecule has 0 unspecified atom stereocenters. The Labute approximate surface area is 138 Å². The highest BCUT2D eigenvalue weighted by atomic mass is 16.5. The van der Waals surface area contributed by atoms with Crippen LogP contribution in [0.25, 0.3) is 11.1 Å². The highest BCUT2D eigenvalue weighted by Gasteiger charge is 2.13. The molecule has 0 spiro atoms. The van der Waals surface area contributed by atoms with Crippen LogP contribution in [0.3, 0.4) is 0 Å². The Kier molecular flexibility index (Phi) is 5.98. The zero-order valence-electron chi connectivity index (χ0n) is 13.8. The van der Waals surface area contributed by atoms with E-state index < -0.39 is 0 Å². The van der Waals surface area contributed by atoms with E-state index in [0.717, 1.165) is 22.4 Å². The van der Waals surface area contributed by atoms with E-state index in [2.05, 4.69) is 6.58 Å². The molecule has 0 saturated heterocycles. The summed E-state index contributed by atoms with van der Waals surface area (Å²) in [6.45, 7) is 8.99. The van der Waals surface area contributed by atoms with Crippen LogP contribution in [0.15, 0.2) is 66.7 Å². The fourth-order valence-corrected chi connectivity index (χ4v) is 2.38. The molecular weight excluding hydrogens is 286 g/mol. The Morgan fingerprint density at radius 2 is 1.74 bits per heavy atom. The standard InChI is InChI=1S/C20H23NO2/c1-4-21(14-16(2)3)20(22)15-23-19-13-9-8-12-18(19)17-10-6-5-7-11-17/h5-13H,2,4,14-15H2,1,3H3. The summed E-state index contributed by atoms with van der Waals surface area (Å²) in [5.74, 6) is 0.691. The Bertz CT molecular complexity index is 664. The van der Waals surface area contributed by atoms with Crippen molar-refractivity contribution < 1.29 is 9.53 Å². The van der Waals surface area contributed by atoms with Crippen molar-refractivity contribution in [3.05, 3.63) is 66.7 Å².